The summed E-state index contributed by atoms with van der Waals surface area (Å²) in [4.78, 5) is 2.48. The molecule has 0 spiro atoms. The third-order valence-corrected chi connectivity index (χ3v) is 2.99. The van der Waals surface area contributed by atoms with Crippen molar-refractivity contribution in [3.05, 3.63) is 48.6 Å². The molecule has 1 aromatic rings. The molecule has 0 heterocycles. The Kier molecular flexibility index (Phi) is 6.60. The molecule has 0 fully saturated rings. The Morgan fingerprint density at radius 3 is 2.65 bits per heavy atom. The summed E-state index contributed by atoms with van der Waals surface area (Å²) < 4.78 is 0. The fourth-order valence-corrected chi connectivity index (χ4v) is 1.92. The third-order valence-electron chi connectivity index (χ3n) is 2.99. The first-order valence-electron chi connectivity index (χ1n) is 6.37. The third kappa shape index (κ3) is 5.16. The van der Waals surface area contributed by atoms with Gasteiger partial charge in [0.1, 0.15) is 0 Å². The molecule has 2 nitrogen and oxygen atoms in total. The average molecular weight is 232 g/mol. The van der Waals surface area contributed by atoms with Gasteiger partial charge in [-0.1, -0.05) is 43.3 Å². The zero-order chi connectivity index (χ0) is 12.5. The molecule has 0 aromatic heterocycles. The molecule has 0 radical (unpaired) electrons. The van der Waals surface area contributed by atoms with E-state index < -0.39 is 0 Å². The molecule has 1 N–H and O–H groups in total. The van der Waals surface area contributed by atoms with Gasteiger partial charge in [-0.15, -0.1) is 6.58 Å². The first kappa shape index (κ1) is 13.9. The molecular formula is C15H24N2. The molecule has 0 aliphatic carbocycles. The van der Waals surface area contributed by atoms with Crippen LogP contribution in [0.4, 0.5) is 0 Å². The predicted octanol–water partition coefficient (Wildman–Crippen LogP) is 2.67. The van der Waals surface area contributed by atoms with Gasteiger partial charge in [0.05, 0.1) is 0 Å². The molecule has 0 aliphatic heterocycles. The summed E-state index contributed by atoms with van der Waals surface area (Å²) in [6.45, 7) is 12.2. The lowest BCUT2D eigenvalue weighted by Crippen LogP contribution is -2.39. The van der Waals surface area contributed by atoms with Gasteiger partial charge in [-0.3, -0.25) is 4.90 Å². The largest absolute Gasteiger partial charge is 0.312 e. The van der Waals surface area contributed by atoms with Gasteiger partial charge in [0, 0.05) is 25.7 Å². The van der Waals surface area contributed by atoms with E-state index in [1.54, 1.807) is 0 Å². The van der Waals surface area contributed by atoms with Crippen LogP contribution >= 0.6 is 0 Å². The van der Waals surface area contributed by atoms with E-state index in [2.05, 4.69) is 61.0 Å². The molecule has 1 atom stereocenters. The van der Waals surface area contributed by atoms with Gasteiger partial charge in [-0.05, 0) is 19.0 Å². The molecule has 0 aliphatic rings. The van der Waals surface area contributed by atoms with Crippen LogP contribution in [0.25, 0.3) is 0 Å². The maximum Gasteiger partial charge on any atom is 0.0236 e. The minimum absolute atomic E-state index is 0.542. The van der Waals surface area contributed by atoms with Crippen LogP contribution in [0.1, 0.15) is 19.4 Å². The Morgan fingerprint density at radius 1 is 1.35 bits per heavy atom. The molecule has 2 heteroatoms. The molecule has 1 aromatic carbocycles. The SMILES string of the molecule is C=CCNCC(C)N(CC)Cc1ccccc1. The second-order valence-corrected chi connectivity index (χ2v) is 4.34. The summed E-state index contributed by atoms with van der Waals surface area (Å²) in [7, 11) is 0. The lowest BCUT2D eigenvalue weighted by Gasteiger charge is -2.28. The van der Waals surface area contributed by atoms with E-state index in [1.807, 2.05) is 6.08 Å². The average Bonchev–Trinajstić information content (AvgIpc) is 2.37. The van der Waals surface area contributed by atoms with E-state index >= 15 is 0 Å². The van der Waals surface area contributed by atoms with Crippen molar-refractivity contribution in [2.45, 2.75) is 26.4 Å². The Hall–Kier alpha value is -1.12. The molecular weight excluding hydrogens is 208 g/mol. The van der Waals surface area contributed by atoms with Gasteiger partial charge < -0.3 is 5.32 Å². The second kappa shape index (κ2) is 8.04. The van der Waals surface area contributed by atoms with Crippen LogP contribution in [-0.4, -0.2) is 30.6 Å². The predicted molar refractivity (Wildman–Crippen MR) is 75.1 cm³/mol. The topological polar surface area (TPSA) is 15.3 Å². The van der Waals surface area contributed by atoms with Gasteiger partial charge in [0.2, 0.25) is 0 Å². The number of rotatable bonds is 8. The van der Waals surface area contributed by atoms with E-state index in [-0.39, 0.29) is 0 Å². The molecule has 17 heavy (non-hydrogen) atoms. The van der Waals surface area contributed by atoms with Crippen LogP contribution in [0.3, 0.4) is 0 Å². The molecule has 1 rings (SSSR count). The molecule has 1 unspecified atom stereocenters. The number of benzene rings is 1. The first-order chi connectivity index (χ1) is 8.27. The minimum atomic E-state index is 0.542. The monoisotopic (exact) mass is 232 g/mol. The van der Waals surface area contributed by atoms with Crippen molar-refractivity contribution in [2.24, 2.45) is 0 Å². The maximum atomic E-state index is 3.71. The van der Waals surface area contributed by atoms with E-state index in [0.29, 0.717) is 6.04 Å². The van der Waals surface area contributed by atoms with Crippen LogP contribution in [0.2, 0.25) is 0 Å². The highest BCUT2D eigenvalue weighted by Crippen LogP contribution is 2.07. The van der Waals surface area contributed by atoms with Crippen LogP contribution < -0.4 is 5.32 Å². The van der Waals surface area contributed by atoms with Crippen LogP contribution in [0.5, 0.6) is 0 Å². The Bertz CT molecular complexity index is 308. The second-order valence-electron chi connectivity index (χ2n) is 4.34. The molecule has 0 amide bonds. The summed E-state index contributed by atoms with van der Waals surface area (Å²) in [6, 6.07) is 11.2. The van der Waals surface area contributed by atoms with E-state index in [9.17, 15) is 0 Å². The van der Waals surface area contributed by atoms with E-state index in [1.165, 1.54) is 5.56 Å². The van der Waals surface area contributed by atoms with Gasteiger partial charge >= 0.3 is 0 Å². The van der Waals surface area contributed by atoms with Crippen molar-refractivity contribution in [1.82, 2.24) is 10.2 Å². The van der Waals surface area contributed by atoms with Crippen LogP contribution in [-0.2, 0) is 6.54 Å². The van der Waals surface area contributed by atoms with Gasteiger partial charge in [0.25, 0.3) is 0 Å². The highest BCUT2D eigenvalue weighted by molar-refractivity contribution is 5.14. The zero-order valence-corrected chi connectivity index (χ0v) is 11.0. The molecule has 94 valence electrons. The lowest BCUT2D eigenvalue weighted by atomic mass is 10.2. The standard InChI is InChI=1S/C15H24N2/c1-4-11-16-12-14(3)17(5-2)13-15-9-7-6-8-10-15/h4,6-10,14,16H,1,5,11-13H2,2-3H3. The van der Waals surface area contributed by atoms with E-state index in [0.717, 1.165) is 26.2 Å². The summed E-state index contributed by atoms with van der Waals surface area (Å²) in [5.74, 6) is 0. The smallest absolute Gasteiger partial charge is 0.0236 e. The Labute approximate surface area is 105 Å². The fraction of sp³-hybridized carbons (Fsp3) is 0.467. The van der Waals surface area contributed by atoms with Gasteiger partial charge in [-0.2, -0.15) is 0 Å². The number of likely N-dealkylation sites (N-methyl/N-ethyl adjacent to an activating group) is 1. The van der Waals surface area contributed by atoms with Gasteiger partial charge in [-0.25, -0.2) is 0 Å². The molecule has 0 saturated carbocycles. The maximum absolute atomic E-state index is 3.71. The highest BCUT2D eigenvalue weighted by Gasteiger charge is 2.11. The Morgan fingerprint density at radius 2 is 2.06 bits per heavy atom. The summed E-state index contributed by atoms with van der Waals surface area (Å²) in [5.41, 5.74) is 1.38. The van der Waals surface area contributed by atoms with Crippen molar-refractivity contribution < 1.29 is 0 Å². The summed E-state index contributed by atoms with van der Waals surface area (Å²) in [5, 5.41) is 3.38. The van der Waals surface area contributed by atoms with E-state index in [4.69, 9.17) is 0 Å². The van der Waals surface area contributed by atoms with Crippen molar-refractivity contribution in [1.29, 1.82) is 0 Å². The van der Waals surface area contributed by atoms with Crippen molar-refractivity contribution in [3.8, 4) is 0 Å². The summed E-state index contributed by atoms with van der Waals surface area (Å²) in [6.07, 6.45) is 1.90. The fourth-order valence-electron chi connectivity index (χ4n) is 1.92. The van der Waals surface area contributed by atoms with Crippen LogP contribution in [0.15, 0.2) is 43.0 Å². The molecule has 0 saturated heterocycles. The lowest BCUT2D eigenvalue weighted by molar-refractivity contribution is 0.207. The van der Waals surface area contributed by atoms with Gasteiger partial charge in [0.15, 0.2) is 0 Å². The normalized spacial score (nSPS) is 12.6. The number of nitrogens with zero attached hydrogens (tertiary/aromatic N) is 1. The van der Waals surface area contributed by atoms with Crippen LogP contribution in [0, 0.1) is 0 Å². The zero-order valence-electron chi connectivity index (χ0n) is 11.0. The minimum Gasteiger partial charge on any atom is -0.312 e. The summed E-state index contributed by atoms with van der Waals surface area (Å²) >= 11 is 0. The quantitative estimate of drug-likeness (QED) is 0.547. The highest BCUT2D eigenvalue weighted by atomic mass is 15.2. The number of hydrogen-bond donors (Lipinski definition) is 1. The Balaban J connectivity index is 2.44. The molecule has 0 bridgehead atoms. The number of hydrogen-bond acceptors (Lipinski definition) is 2. The van der Waals surface area contributed by atoms with Crippen molar-refractivity contribution in [3.63, 3.8) is 0 Å². The van der Waals surface area contributed by atoms with Crippen molar-refractivity contribution >= 4 is 0 Å². The number of nitrogens with one attached hydrogen (secondary N) is 1. The van der Waals surface area contributed by atoms with Crippen molar-refractivity contribution in [2.75, 3.05) is 19.6 Å². The first-order valence-corrected chi connectivity index (χ1v) is 6.37.